The Balaban J connectivity index is 2.11. The molecule has 0 atom stereocenters. The Hall–Kier alpha value is -2.17. The smallest absolute Gasteiger partial charge is 0.300 e. The van der Waals surface area contributed by atoms with Crippen LogP contribution in [0.15, 0.2) is 46.1 Å². The van der Waals surface area contributed by atoms with E-state index in [4.69, 9.17) is 0 Å². The zero-order valence-corrected chi connectivity index (χ0v) is 10.3. The van der Waals surface area contributed by atoms with Crippen molar-refractivity contribution in [3.63, 3.8) is 0 Å². The largest absolute Gasteiger partial charge is 0.335 e. The fourth-order valence-corrected chi connectivity index (χ4v) is 2.06. The predicted octanol–water partition coefficient (Wildman–Crippen LogP) is 1.55. The summed E-state index contributed by atoms with van der Waals surface area (Å²) in [5.41, 5.74) is -0.379. The number of hydrogen-bond acceptors (Lipinski definition) is 2. The van der Waals surface area contributed by atoms with E-state index in [2.05, 4.69) is 0 Å². The number of nitrogens with zero attached hydrogens (tertiary/aromatic N) is 2. The fourth-order valence-electron chi connectivity index (χ4n) is 2.06. The highest BCUT2D eigenvalue weighted by molar-refractivity contribution is 5.31. The van der Waals surface area contributed by atoms with Gasteiger partial charge in [0.2, 0.25) is 0 Å². The van der Waals surface area contributed by atoms with Gasteiger partial charge < -0.3 is 0 Å². The molecule has 19 heavy (non-hydrogen) atoms. The molecule has 1 aromatic carbocycles. The third-order valence-electron chi connectivity index (χ3n) is 3.29. The van der Waals surface area contributed by atoms with E-state index in [-0.39, 0.29) is 5.69 Å². The van der Waals surface area contributed by atoms with Crippen molar-refractivity contribution >= 4 is 0 Å². The van der Waals surface area contributed by atoms with Crippen LogP contribution in [0.2, 0.25) is 0 Å². The molecule has 1 aliphatic carbocycles. The maximum Gasteiger partial charge on any atom is 0.335 e. The third kappa shape index (κ3) is 2.36. The van der Waals surface area contributed by atoms with E-state index in [1.165, 1.54) is 36.5 Å². The van der Waals surface area contributed by atoms with E-state index in [1.807, 2.05) is 0 Å². The molecule has 0 bridgehead atoms. The van der Waals surface area contributed by atoms with Crippen molar-refractivity contribution in [3.8, 4) is 5.69 Å². The first-order chi connectivity index (χ1) is 9.15. The summed E-state index contributed by atoms with van der Waals surface area (Å²) in [6, 6.07) is 6.70. The first-order valence-corrected chi connectivity index (χ1v) is 6.23. The van der Waals surface area contributed by atoms with Gasteiger partial charge in [-0.15, -0.1) is 0 Å². The molecule has 3 rings (SSSR count). The molecule has 1 saturated carbocycles. The average molecular weight is 260 g/mol. The van der Waals surface area contributed by atoms with Crippen molar-refractivity contribution in [2.75, 3.05) is 0 Å². The molecule has 0 saturated heterocycles. The standard InChI is InChI=1S/C14H13FN2O2/c15-11-3-5-12(6-4-11)17-13(18)7-8-16(14(17)19)9-10-1-2-10/h3-8,10H,1-2,9H2. The minimum atomic E-state index is -0.399. The minimum Gasteiger partial charge on any atom is -0.300 e. The van der Waals surface area contributed by atoms with E-state index in [1.54, 1.807) is 4.57 Å². The molecule has 5 heteroatoms. The summed E-state index contributed by atoms with van der Waals surface area (Å²) in [5, 5.41) is 0. The van der Waals surface area contributed by atoms with E-state index < -0.39 is 11.4 Å². The molecule has 0 N–H and O–H groups in total. The van der Waals surface area contributed by atoms with Gasteiger partial charge in [-0.3, -0.25) is 9.36 Å². The van der Waals surface area contributed by atoms with Gasteiger partial charge in [0.25, 0.3) is 5.56 Å². The monoisotopic (exact) mass is 260 g/mol. The highest BCUT2D eigenvalue weighted by atomic mass is 19.1. The second-order valence-corrected chi connectivity index (χ2v) is 4.84. The van der Waals surface area contributed by atoms with Crippen molar-refractivity contribution < 1.29 is 4.39 Å². The molecule has 0 radical (unpaired) electrons. The SMILES string of the molecule is O=c1ccn(CC2CC2)c(=O)n1-c1ccc(F)cc1. The Labute approximate surface area is 108 Å². The molecule has 0 spiro atoms. The van der Waals surface area contributed by atoms with Crippen LogP contribution in [-0.4, -0.2) is 9.13 Å². The molecule has 98 valence electrons. The average Bonchev–Trinajstić information content (AvgIpc) is 3.19. The van der Waals surface area contributed by atoms with Gasteiger partial charge in [-0.2, -0.15) is 0 Å². The third-order valence-corrected chi connectivity index (χ3v) is 3.29. The Kier molecular flexibility index (Phi) is 2.81. The summed E-state index contributed by atoms with van der Waals surface area (Å²) in [4.78, 5) is 24.1. The molecular weight excluding hydrogens is 247 g/mol. The minimum absolute atomic E-state index is 0.369. The van der Waals surface area contributed by atoms with Gasteiger partial charge in [0.1, 0.15) is 5.82 Å². The summed E-state index contributed by atoms with van der Waals surface area (Å²) < 4.78 is 15.5. The normalized spacial score (nSPS) is 14.6. The zero-order chi connectivity index (χ0) is 13.4. The van der Waals surface area contributed by atoms with Crippen LogP contribution >= 0.6 is 0 Å². The molecular formula is C14H13FN2O2. The summed E-state index contributed by atoms with van der Waals surface area (Å²) >= 11 is 0. The first kappa shape index (κ1) is 11.9. The van der Waals surface area contributed by atoms with E-state index in [0.29, 0.717) is 18.2 Å². The van der Waals surface area contributed by atoms with Crippen LogP contribution in [0, 0.1) is 11.7 Å². The van der Waals surface area contributed by atoms with Crippen LogP contribution in [0.4, 0.5) is 4.39 Å². The van der Waals surface area contributed by atoms with Crippen molar-refractivity contribution in [1.82, 2.24) is 9.13 Å². The van der Waals surface area contributed by atoms with Crippen LogP contribution in [-0.2, 0) is 6.54 Å². The van der Waals surface area contributed by atoms with Crippen molar-refractivity contribution in [3.05, 3.63) is 63.2 Å². The Morgan fingerprint density at radius 3 is 2.42 bits per heavy atom. The van der Waals surface area contributed by atoms with Gasteiger partial charge in [0, 0.05) is 18.8 Å². The molecule has 1 aliphatic rings. The molecule has 1 fully saturated rings. The Morgan fingerprint density at radius 1 is 1.11 bits per heavy atom. The van der Waals surface area contributed by atoms with Crippen LogP contribution in [0.1, 0.15) is 12.8 Å². The topological polar surface area (TPSA) is 44.0 Å². The predicted molar refractivity (Wildman–Crippen MR) is 69.0 cm³/mol. The summed E-state index contributed by atoms with van der Waals surface area (Å²) in [6.45, 7) is 0.639. The van der Waals surface area contributed by atoms with Crippen LogP contribution in [0.5, 0.6) is 0 Å². The number of benzene rings is 1. The van der Waals surface area contributed by atoms with Crippen molar-refractivity contribution in [2.45, 2.75) is 19.4 Å². The Morgan fingerprint density at radius 2 is 1.79 bits per heavy atom. The van der Waals surface area contributed by atoms with Gasteiger partial charge in [-0.1, -0.05) is 0 Å². The molecule has 0 amide bonds. The quantitative estimate of drug-likeness (QED) is 0.840. The van der Waals surface area contributed by atoms with E-state index in [0.717, 1.165) is 17.4 Å². The number of halogens is 1. The fraction of sp³-hybridized carbons (Fsp3) is 0.286. The molecule has 0 aliphatic heterocycles. The van der Waals surface area contributed by atoms with E-state index in [9.17, 15) is 14.0 Å². The second-order valence-electron chi connectivity index (χ2n) is 4.84. The maximum absolute atomic E-state index is 12.9. The molecule has 1 aromatic heterocycles. The second kappa shape index (κ2) is 4.50. The van der Waals surface area contributed by atoms with Gasteiger partial charge in [0.15, 0.2) is 0 Å². The van der Waals surface area contributed by atoms with Crippen LogP contribution in [0.3, 0.4) is 0 Å². The van der Waals surface area contributed by atoms with Crippen molar-refractivity contribution in [2.24, 2.45) is 5.92 Å². The number of aromatic nitrogens is 2. The molecule has 2 aromatic rings. The summed E-state index contributed by atoms with van der Waals surface area (Å²) in [7, 11) is 0. The van der Waals surface area contributed by atoms with Crippen LogP contribution < -0.4 is 11.2 Å². The van der Waals surface area contributed by atoms with Gasteiger partial charge in [-0.05, 0) is 43.0 Å². The maximum atomic E-state index is 12.9. The van der Waals surface area contributed by atoms with E-state index >= 15 is 0 Å². The lowest BCUT2D eigenvalue weighted by molar-refractivity contribution is 0.573. The lowest BCUT2D eigenvalue weighted by Crippen LogP contribution is -2.38. The van der Waals surface area contributed by atoms with Gasteiger partial charge in [0.05, 0.1) is 5.69 Å². The Bertz CT molecular complexity index is 711. The first-order valence-electron chi connectivity index (χ1n) is 6.23. The molecule has 4 nitrogen and oxygen atoms in total. The summed E-state index contributed by atoms with van der Waals surface area (Å²) in [5.74, 6) is 0.142. The number of hydrogen-bond donors (Lipinski definition) is 0. The molecule has 0 unspecified atom stereocenters. The summed E-state index contributed by atoms with van der Waals surface area (Å²) in [6.07, 6.45) is 3.78. The molecule has 1 heterocycles. The highest BCUT2D eigenvalue weighted by Gasteiger charge is 2.22. The van der Waals surface area contributed by atoms with Gasteiger partial charge >= 0.3 is 5.69 Å². The van der Waals surface area contributed by atoms with Crippen LogP contribution in [0.25, 0.3) is 5.69 Å². The lowest BCUT2D eigenvalue weighted by Gasteiger charge is -2.09. The highest BCUT2D eigenvalue weighted by Crippen LogP contribution is 2.29. The lowest BCUT2D eigenvalue weighted by atomic mass is 10.3. The van der Waals surface area contributed by atoms with Crippen molar-refractivity contribution in [1.29, 1.82) is 0 Å². The zero-order valence-electron chi connectivity index (χ0n) is 10.3. The number of rotatable bonds is 3. The van der Waals surface area contributed by atoms with Gasteiger partial charge in [-0.25, -0.2) is 13.8 Å².